The highest BCUT2D eigenvalue weighted by Gasteiger charge is 2.24. The maximum absolute atomic E-state index is 11.5. The molecule has 0 saturated heterocycles. The van der Waals surface area contributed by atoms with Crippen LogP contribution in [0.3, 0.4) is 0 Å². The number of benzene rings is 2. The summed E-state index contributed by atoms with van der Waals surface area (Å²) in [5.74, 6) is 0.264. The van der Waals surface area contributed by atoms with E-state index in [1.54, 1.807) is 24.3 Å². The Bertz CT molecular complexity index is 1060. The molecule has 1 heterocycles. The van der Waals surface area contributed by atoms with E-state index in [4.69, 9.17) is 10.1 Å². The smallest absolute Gasteiger partial charge is 0.337 e. The van der Waals surface area contributed by atoms with Gasteiger partial charge < -0.3 is 20.6 Å². The molecule has 0 saturated carbocycles. The predicted molar refractivity (Wildman–Crippen MR) is 117 cm³/mol. The van der Waals surface area contributed by atoms with Gasteiger partial charge in [0, 0.05) is 28.6 Å². The van der Waals surface area contributed by atoms with Crippen molar-refractivity contribution in [1.29, 1.82) is 5.41 Å². The Balaban J connectivity index is 2.04. The average Bonchev–Trinajstić information content (AvgIpc) is 2.69. The minimum atomic E-state index is -0.981. The third kappa shape index (κ3) is 3.99. The second kappa shape index (κ2) is 8.19. The first-order chi connectivity index (χ1) is 13.8. The molecule has 1 atom stereocenters. The van der Waals surface area contributed by atoms with Crippen molar-refractivity contribution in [1.82, 2.24) is 0 Å². The van der Waals surface area contributed by atoms with Crippen molar-refractivity contribution in [2.45, 2.75) is 26.8 Å². The molecular formula is C24H24N2O3. The number of rotatable bonds is 6. The Morgan fingerprint density at radius 1 is 1.31 bits per heavy atom. The summed E-state index contributed by atoms with van der Waals surface area (Å²) < 4.78 is 6.19. The maximum atomic E-state index is 11.5. The molecule has 0 amide bonds. The zero-order valence-corrected chi connectivity index (χ0v) is 16.7. The fourth-order valence-electron chi connectivity index (χ4n) is 3.40. The van der Waals surface area contributed by atoms with Gasteiger partial charge >= 0.3 is 5.97 Å². The van der Waals surface area contributed by atoms with Crippen LogP contribution in [0.1, 0.15) is 46.9 Å². The third-order valence-corrected chi connectivity index (χ3v) is 4.87. The summed E-state index contributed by atoms with van der Waals surface area (Å²) in [6.07, 6.45) is 4.91. The molecule has 0 spiro atoms. The molecule has 0 fully saturated rings. The number of aromatic carboxylic acids is 1. The number of allylic oxidation sites excluding steroid dienone is 4. The number of hydrogen-bond donors (Lipinski definition) is 3. The normalized spacial score (nSPS) is 14.4. The van der Waals surface area contributed by atoms with Gasteiger partial charge in [-0.3, -0.25) is 0 Å². The molecule has 2 aromatic carbocycles. The van der Waals surface area contributed by atoms with Crippen LogP contribution in [0.15, 0.2) is 66.5 Å². The summed E-state index contributed by atoms with van der Waals surface area (Å²) in [6, 6.07) is 10.7. The molecule has 2 aromatic rings. The number of carbonyl (C=O) groups is 1. The number of aryl methyl sites for hydroxylation is 1. The average molecular weight is 388 g/mol. The topological polar surface area (TPSA) is 82.4 Å². The van der Waals surface area contributed by atoms with E-state index < -0.39 is 5.97 Å². The molecule has 0 bridgehead atoms. The SMILES string of the molecule is C=C1C=C(/C(C=N)=C/C)Oc2c1cc(C)cc2C(C)Nc1ccccc1C(=O)O. The number of carboxylic acids is 1. The van der Waals surface area contributed by atoms with Gasteiger partial charge in [0.25, 0.3) is 0 Å². The number of anilines is 1. The van der Waals surface area contributed by atoms with Crippen LogP contribution in [0.2, 0.25) is 0 Å². The van der Waals surface area contributed by atoms with Crippen molar-refractivity contribution in [3.05, 3.63) is 88.7 Å². The molecule has 5 heteroatoms. The van der Waals surface area contributed by atoms with Gasteiger partial charge in [-0.25, -0.2) is 4.79 Å². The lowest BCUT2D eigenvalue weighted by atomic mass is 9.93. The summed E-state index contributed by atoms with van der Waals surface area (Å²) in [5.41, 5.74) is 5.08. The quantitative estimate of drug-likeness (QED) is 0.550. The van der Waals surface area contributed by atoms with Crippen LogP contribution in [0.4, 0.5) is 5.69 Å². The van der Waals surface area contributed by atoms with Crippen LogP contribution in [0.25, 0.3) is 5.57 Å². The standard InChI is InChI=1S/C24H24N2O3/c1-5-17(13-25)22-12-15(3)19-10-14(2)11-20(23(19)29-22)16(4)26-21-9-7-6-8-18(21)24(27)28/h5-13,16,25-26H,3H2,1-2,4H3,(H,27,28)/b17-5+,25-13?. The van der Waals surface area contributed by atoms with Crippen LogP contribution in [0.5, 0.6) is 5.75 Å². The van der Waals surface area contributed by atoms with E-state index in [1.165, 1.54) is 6.21 Å². The monoisotopic (exact) mass is 388 g/mol. The van der Waals surface area contributed by atoms with Crippen molar-refractivity contribution < 1.29 is 14.6 Å². The Morgan fingerprint density at radius 3 is 2.69 bits per heavy atom. The zero-order chi connectivity index (χ0) is 21.1. The van der Waals surface area contributed by atoms with Crippen molar-refractivity contribution in [2.75, 3.05) is 5.32 Å². The minimum Gasteiger partial charge on any atom is -0.478 e. The summed E-state index contributed by atoms with van der Waals surface area (Å²) in [7, 11) is 0. The molecule has 0 aliphatic carbocycles. The number of ether oxygens (including phenoxy) is 1. The first-order valence-electron chi connectivity index (χ1n) is 9.35. The van der Waals surface area contributed by atoms with Gasteiger partial charge in [-0.2, -0.15) is 0 Å². The highest BCUT2D eigenvalue weighted by atomic mass is 16.5. The Hall–Kier alpha value is -3.60. The van der Waals surface area contributed by atoms with Crippen molar-refractivity contribution >= 4 is 23.4 Å². The number of para-hydroxylation sites is 1. The van der Waals surface area contributed by atoms with Gasteiger partial charge in [-0.15, -0.1) is 0 Å². The fourth-order valence-corrected chi connectivity index (χ4v) is 3.40. The van der Waals surface area contributed by atoms with Crippen LogP contribution in [-0.2, 0) is 0 Å². The predicted octanol–water partition coefficient (Wildman–Crippen LogP) is 5.75. The van der Waals surface area contributed by atoms with E-state index in [0.717, 1.165) is 22.3 Å². The zero-order valence-electron chi connectivity index (χ0n) is 16.7. The van der Waals surface area contributed by atoms with Crippen molar-refractivity contribution in [3.8, 4) is 5.75 Å². The first-order valence-corrected chi connectivity index (χ1v) is 9.35. The van der Waals surface area contributed by atoms with Crippen LogP contribution >= 0.6 is 0 Å². The second-order valence-corrected chi connectivity index (χ2v) is 6.97. The fraction of sp³-hybridized carbons (Fsp3) is 0.167. The summed E-state index contributed by atoms with van der Waals surface area (Å²) in [6.45, 7) is 9.98. The highest BCUT2D eigenvalue weighted by Crippen LogP contribution is 2.41. The second-order valence-electron chi connectivity index (χ2n) is 6.97. The first kappa shape index (κ1) is 20.1. The summed E-state index contributed by atoms with van der Waals surface area (Å²) >= 11 is 0. The largest absolute Gasteiger partial charge is 0.478 e. The van der Waals surface area contributed by atoms with E-state index >= 15 is 0 Å². The highest BCUT2D eigenvalue weighted by molar-refractivity contribution is 5.94. The van der Waals surface area contributed by atoms with Gasteiger partial charge in [0.05, 0.1) is 11.6 Å². The molecule has 0 radical (unpaired) electrons. The molecular weight excluding hydrogens is 364 g/mol. The third-order valence-electron chi connectivity index (χ3n) is 4.87. The van der Waals surface area contributed by atoms with Gasteiger partial charge in [-0.05, 0) is 56.2 Å². The molecule has 1 aliphatic rings. The number of nitrogens with one attached hydrogen (secondary N) is 2. The van der Waals surface area contributed by atoms with E-state index in [-0.39, 0.29) is 11.6 Å². The number of fused-ring (bicyclic) bond motifs is 1. The minimum absolute atomic E-state index is 0.215. The lowest BCUT2D eigenvalue weighted by Gasteiger charge is -2.27. The van der Waals surface area contributed by atoms with Crippen LogP contribution < -0.4 is 10.1 Å². The molecule has 0 aromatic heterocycles. The van der Waals surface area contributed by atoms with Crippen molar-refractivity contribution in [3.63, 3.8) is 0 Å². The van der Waals surface area contributed by atoms with Gasteiger partial charge in [0.2, 0.25) is 0 Å². The Morgan fingerprint density at radius 2 is 2.03 bits per heavy atom. The molecule has 148 valence electrons. The molecule has 1 aliphatic heterocycles. The van der Waals surface area contributed by atoms with Gasteiger partial charge in [0.1, 0.15) is 11.5 Å². The lowest BCUT2D eigenvalue weighted by molar-refractivity contribution is 0.0698. The molecule has 1 unspecified atom stereocenters. The van der Waals surface area contributed by atoms with E-state index in [1.807, 2.05) is 45.1 Å². The number of hydrogen-bond acceptors (Lipinski definition) is 4. The van der Waals surface area contributed by atoms with Gasteiger partial charge in [-0.1, -0.05) is 30.9 Å². The van der Waals surface area contributed by atoms with E-state index in [0.29, 0.717) is 22.8 Å². The van der Waals surface area contributed by atoms with Gasteiger partial charge in [0.15, 0.2) is 0 Å². The van der Waals surface area contributed by atoms with Crippen molar-refractivity contribution in [2.24, 2.45) is 0 Å². The molecule has 5 nitrogen and oxygen atoms in total. The van der Waals surface area contributed by atoms with Crippen LogP contribution in [-0.4, -0.2) is 17.3 Å². The lowest BCUT2D eigenvalue weighted by Crippen LogP contribution is -2.15. The Labute approximate surface area is 170 Å². The summed E-state index contributed by atoms with van der Waals surface area (Å²) in [4.78, 5) is 11.5. The van der Waals surface area contributed by atoms with E-state index in [2.05, 4.69) is 11.9 Å². The molecule has 3 rings (SSSR count). The summed E-state index contributed by atoms with van der Waals surface area (Å²) in [5, 5.41) is 20.4. The molecule has 29 heavy (non-hydrogen) atoms. The molecule has 3 N–H and O–H groups in total. The van der Waals surface area contributed by atoms with Crippen LogP contribution in [0, 0.1) is 12.3 Å². The Kier molecular flexibility index (Phi) is 5.69. The number of carboxylic acid groups (broad SMARTS) is 1. The maximum Gasteiger partial charge on any atom is 0.337 e. The van der Waals surface area contributed by atoms with E-state index in [9.17, 15) is 9.90 Å².